The van der Waals surface area contributed by atoms with Gasteiger partial charge in [0.15, 0.2) is 6.61 Å². The van der Waals surface area contributed by atoms with Gasteiger partial charge in [-0.25, -0.2) is 0 Å². The Balaban J connectivity index is 2.12. The van der Waals surface area contributed by atoms with Crippen molar-refractivity contribution in [2.75, 3.05) is 18.1 Å². The normalized spacial score (nSPS) is 10.1. The summed E-state index contributed by atoms with van der Waals surface area (Å²) in [4.78, 5) is 14.2. The van der Waals surface area contributed by atoms with E-state index in [2.05, 4.69) is 28.7 Å². The minimum atomic E-state index is -0.160. The van der Waals surface area contributed by atoms with Crippen molar-refractivity contribution in [2.45, 2.75) is 20.3 Å². The van der Waals surface area contributed by atoms with Crippen molar-refractivity contribution in [1.82, 2.24) is 0 Å². The average molecular weight is 434 g/mol. The molecule has 0 heterocycles. The number of hydrogen-bond donors (Lipinski definition) is 0. The molecule has 0 radical (unpaired) electrons. The molecule has 2 aromatic rings. The summed E-state index contributed by atoms with van der Waals surface area (Å²) in [7, 11) is 0. The monoisotopic (exact) mass is 434 g/mol. The summed E-state index contributed by atoms with van der Waals surface area (Å²) in [6.45, 7) is 4.33. The number of rotatable bonds is 6. The van der Waals surface area contributed by atoms with Crippen LogP contribution in [0.5, 0.6) is 5.75 Å². The molecule has 24 heavy (non-hydrogen) atoms. The Morgan fingerprint density at radius 1 is 1.21 bits per heavy atom. The lowest BCUT2D eigenvalue weighted by Gasteiger charge is -2.23. The summed E-state index contributed by atoms with van der Waals surface area (Å²) in [6.07, 6.45) is 0.280. The molecule has 0 bridgehead atoms. The summed E-state index contributed by atoms with van der Waals surface area (Å²) < 4.78 is 6.66. The van der Waals surface area contributed by atoms with Crippen molar-refractivity contribution < 1.29 is 9.53 Å². The van der Waals surface area contributed by atoms with Crippen molar-refractivity contribution in [2.24, 2.45) is 0 Å². The number of benzene rings is 2. The SMILES string of the molecule is Cc1ccc(N(CCC#N)C(=O)COc2cccc(I)c2)cc1C. The molecule has 1 amide bonds. The van der Waals surface area contributed by atoms with Crippen LogP contribution in [0, 0.1) is 28.7 Å². The molecule has 0 aromatic heterocycles. The first-order chi connectivity index (χ1) is 11.5. The minimum absolute atomic E-state index is 0.0571. The van der Waals surface area contributed by atoms with Crippen LogP contribution in [0.4, 0.5) is 5.69 Å². The highest BCUT2D eigenvalue weighted by molar-refractivity contribution is 14.1. The van der Waals surface area contributed by atoms with Gasteiger partial charge in [-0.2, -0.15) is 5.26 Å². The minimum Gasteiger partial charge on any atom is -0.484 e. The van der Waals surface area contributed by atoms with Crippen LogP contribution in [-0.4, -0.2) is 19.1 Å². The molecule has 0 saturated carbocycles. The van der Waals surface area contributed by atoms with Gasteiger partial charge >= 0.3 is 0 Å². The van der Waals surface area contributed by atoms with Crippen molar-refractivity contribution in [3.63, 3.8) is 0 Å². The van der Waals surface area contributed by atoms with Crippen molar-refractivity contribution in [3.8, 4) is 11.8 Å². The van der Waals surface area contributed by atoms with E-state index in [9.17, 15) is 4.79 Å². The first kappa shape index (κ1) is 18.3. The lowest BCUT2D eigenvalue weighted by Crippen LogP contribution is -2.35. The fourth-order valence-electron chi connectivity index (χ4n) is 2.23. The van der Waals surface area contributed by atoms with Crippen LogP contribution >= 0.6 is 22.6 Å². The largest absolute Gasteiger partial charge is 0.484 e. The highest BCUT2D eigenvalue weighted by Gasteiger charge is 2.17. The molecule has 0 aliphatic carbocycles. The van der Waals surface area contributed by atoms with Gasteiger partial charge in [-0.3, -0.25) is 4.79 Å². The van der Waals surface area contributed by atoms with Gasteiger partial charge in [-0.1, -0.05) is 12.1 Å². The maximum Gasteiger partial charge on any atom is 0.264 e. The summed E-state index contributed by atoms with van der Waals surface area (Å²) in [6, 6.07) is 15.5. The van der Waals surface area contributed by atoms with Gasteiger partial charge in [0, 0.05) is 15.8 Å². The smallest absolute Gasteiger partial charge is 0.264 e. The van der Waals surface area contributed by atoms with Gasteiger partial charge < -0.3 is 9.64 Å². The van der Waals surface area contributed by atoms with Gasteiger partial charge in [-0.15, -0.1) is 0 Å². The second-order valence-corrected chi connectivity index (χ2v) is 6.71. The first-order valence-electron chi connectivity index (χ1n) is 7.64. The van der Waals surface area contributed by atoms with E-state index in [0.29, 0.717) is 12.3 Å². The highest BCUT2D eigenvalue weighted by Crippen LogP contribution is 2.20. The highest BCUT2D eigenvalue weighted by atomic mass is 127. The molecule has 0 saturated heterocycles. The molecule has 0 fully saturated rings. The molecule has 0 aliphatic heterocycles. The Bertz CT molecular complexity index is 768. The molecule has 0 aliphatic rings. The molecule has 5 heteroatoms. The molecule has 2 rings (SSSR count). The van der Waals surface area contributed by atoms with Crippen LogP contribution < -0.4 is 9.64 Å². The molecule has 4 nitrogen and oxygen atoms in total. The Morgan fingerprint density at radius 2 is 2.00 bits per heavy atom. The van der Waals surface area contributed by atoms with Crippen LogP contribution in [0.1, 0.15) is 17.5 Å². The Kier molecular flexibility index (Phi) is 6.62. The zero-order valence-corrected chi connectivity index (χ0v) is 15.9. The van der Waals surface area contributed by atoms with E-state index < -0.39 is 0 Å². The Labute approximate surface area is 156 Å². The van der Waals surface area contributed by atoms with E-state index >= 15 is 0 Å². The molecule has 0 N–H and O–H groups in total. The molecule has 0 atom stereocenters. The predicted octanol–water partition coefficient (Wildman–Crippen LogP) is 4.23. The van der Waals surface area contributed by atoms with E-state index in [-0.39, 0.29) is 18.9 Å². The van der Waals surface area contributed by atoms with Gasteiger partial charge in [0.05, 0.1) is 12.5 Å². The summed E-state index contributed by atoms with van der Waals surface area (Å²) in [5, 5.41) is 8.86. The number of hydrogen-bond acceptors (Lipinski definition) is 3. The standard InChI is InChI=1S/C19H19IN2O2/c1-14-7-8-17(11-15(14)2)22(10-4-9-21)19(23)13-24-18-6-3-5-16(20)12-18/h3,5-8,11-12H,4,10,13H2,1-2H3. The van der Waals surface area contributed by atoms with Crippen LogP contribution in [0.25, 0.3) is 0 Å². The lowest BCUT2D eigenvalue weighted by atomic mass is 10.1. The second-order valence-electron chi connectivity index (χ2n) is 5.47. The quantitative estimate of drug-likeness (QED) is 0.640. The average Bonchev–Trinajstić information content (AvgIpc) is 2.56. The number of amides is 1. The fraction of sp³-hybridized carbons (Fsp3) is 0.263. The second kappa shape index (κ2) is 8.69. The number of aryl methyl sites for hydroxylation is 2. The first-order valence-corrected chi connectivity index (χ1v) is 8.72. The summed E-state index contributed by atoms with van der Waals surface area (Å²) in [5.41, 5.74) is 3.08. The van der Waals surface area contributed by atoms with E-state index in [1.54, 1.807) is 4.90 Å². The van der Waals surface area contributed by atoms with Crippen LogP contribution in [0.15, 0.2) is 42.5 Å². The zero-order valence-electron chi connectivity index (χ0n) is 13.8. The number of carbonyl (C=O) groups is 1. The zero-order chi connectivity index (χ0) is 17.5. The number of ether oxygens (including phenoxy) is 1. The molecule has 124 valence electrons. The number of nitriles is 1. The maximum absolute atomic E-state index is 12.6. The van der Waals surface area contributed by atoms with Gasteiger partial charge in [0.2, 0.25) is 0 Å². The topological polar surface area (TPSA) is 53.3 Å². The van der Waals surface area contributed by atoms with Gasteiger partial charge in [-0.05, 0) is 77.9 Å². The summed E-state index contributed by atoms with van der Waals surface area (Å²) in [5.74, 6) is 0.503. The van der Waals surface area contributed by atoms with Crippen LogP contribution in [0.2, 0.25) is 0 Å². The Morgan fingerprint density at radius 3 is 2.67 bits per heavy atom. The third-order valence-corrected chi connectivity index (χ3v) is 4.38. The van der Waals surface area contributed by atoms with E-state index in [0.717, 1.165) is 14.8 Å². The third-order valence-electron chi connectivity index (χ3n) is 3.71. The summed E-state index contributed by atoms with van der Waals surface area (Å²) >= 11 is 2.20. The molecule has 0 unspecified atom stereocenters. The van der Waals surface area contributed by atoms with Crippen LogP contribution in [-0.2, 0) is 4.79 Å². The lowest BCUT2D eigenvalue weighted by molar-refractivity contribution is -0.120. The fourth-order valence-corrected chi connectivity index (χ4v) is 2.75. The van der Waals surface area contributed by atoms with Gasteiger partial charge in [0.1, 0.15) is 5.75 Å². The molecule has 0 spiro atoms. The number of nitrogens with zero attached hydrogens (tertiary/aromatic N) is 2. The number of halogens is 1. The maximum atomic E-state index is 12.6. The molecular weight excluding hydrogens is 415 g/mol. The van der Waals surface area contributed by atoms with Crippen molar-refractivity contribution in [1.29, 1.82) is 5.26 Å². The van der Waals surface area contributed by atoms with Crippen LogP contribution in [0.3, 0.4) is 0 Å². The predicted molar refractivity (Wildman–Crippen MR) is 103 cm³/mol. The van der Waals surface area contributed by atoms with Crippen molar-refractivity contribution >= 4 is 34.2 Å². The van der Waals surface area contributed by atoms with E-state index in [1.807, 2.05) is 56.3 Å². The van der Waals surface area contributed by atoms with Crippen molar-refractivity contribution in [3.05, 3.63) is 57.2 Å². The molecular formula is C19H19IN2O2. The van der Waals surface area contributed by atoms with E-state index in [4.69, 9.17) is 10.00 Å². The van der Waals surface area contributed by atoms with E-state index in [1.165, 1.54) is 5.56 Å². The molecule has 2 aromatic carbocycles. The number of anilines is 1. The number of carbonyl (C=O) groups excluding carboxylic acids is 1. The van der Waals surface area contributed by atoms with Gasteiger partial charge in [0.25, 0.3) is 5.91 Å². The third kappa shape index (κ3) is 4.96. The Hall–Kier alpha value is -2.07.